The number of ether oxygens (including phenoxy) is 1. The highest BCUT2D eigenvalue weighted by Crippen LogP contribution is 2.31. The second-order valence-corrected chi connectivity index (χ2v) is 6.23. The van der Waals surface area contributed by atoms with Crippen LogP contribution in [0.15, 0.2) is 22.7 Å². The molecular formula is C15H21BrFNO. The van der Waals surface area contributed by atoms with Gasteiger partial charge < -0.3 is 10.1 Å². The van der Waals surface area contributed by atoms with E-state index in [0.717, 1.165) is 36.0 Å². The largest absolute Gasteiger partial charge is 0.374 e. The standard InChI is InChI=1S/C15H21BrFNO/c1-3-18-14(15(2)7-4-8-19-15)10-11-9-12(16)5-6-13(11)17/h5-6,9,14,18H,3-4,7-8,10H2,1-2H3. The van der Waals surface area contributed by atoms with E-state index in [9.17, 15) is 4.39 Å². The van der Waals surface area contributed by atoms with Crippen molar-refractivity contribution >= 4 is 15.9 Å². The van der Waals surface area contributed by atoms with E-state index in [-0.39, 0.29) is 17.5 Å². The monoisotopic (exact) mass is 329 g/mol. The molecule has 0 spiro atoms. The minimum Gasteiger partial charge on any atom is -0.374 e. The van der Waals surface area contributed by atoms with Crippen LogP contribution in [0.5, 0.6) is 0 Å². The van der Waals surface area contributed by atoms with Gasteiger partial charge in [0.05, 0.1) is 5.60 Å². The number of hydrogen-bond acceptors (Lipinski definition) is 2. The van der Waals surface area contributed by atoms with E-state index in [1.807, 2.05) is 6.07 Å². The predicted molar refractivity (Wildman–Crippen MR) is 78.9 cm³/mol. The van der Waals surface area contributed by atoms with Gasteiger partial charge in [-0.05, 0) is 56.5 Å². The first-order chi connectivity index (χ1) is 9.05. The molecule has 19 heavy (non-hydrogen) atoms. The molecule has 1 saturated heterocycles. The van der Waals surface area contributed by atoms with Crippen molar-refractivity contribution in [2.75, 3.05) is 13.2 Å². The lowest BCUT2D eigenvalue weighted by Crippen LogP contribution is -2.49. The first kappa shape index (κ1) is 14.9. The Kier molecular flexibility index (Phi) is 4.98. The highest BCUT2D eigenvalue weighted by molar-refractivity contribution is 9.10. The lowest BCUT2D eigenvalue weighted by molar-refractivity contribution is -0.0112. The Morgan fingerprint density at radius 2 is 2.32 bits per heavy atom. The third kappa shape index (κ3) is 3.56. The molecule has 1 aliphatic heterocycles. The fraction of sp³-hybridized carbons (Fsp3) is 0.600. The Bertz CT molecular complexity index is 432. The van der Waals surface area contributed by atoms with Crippen LogP contribution in [0.4, 0.5) is 4.39 Å². The third-order valence-corrected chi connectivity index (χ3v) is 4.36. The van der Waals surface area contributed by atoms with Crippen molar-refractivity contribution in [2.45, 2.75) is 44.8 Å². The molecule has 0 aromatic heterocycles. The van der Waals surface area contributed by atoms with Gasteiger partial charge in [-0.2, -0.15) is 0 Å². The normalized spacial score (nSPS) is 24.6. The average molecular weight is 330 g/mol. The minimum atomic E-state index is -0.190. The van der Waals surface area contributed by atoms with E-state index in [1.165, 1.54) is 6.07 Å². The molecule has 2 unspecified atom stereocenters. The maximum atomic E-state index is 13.9. The van der Waals surface area contributed by atoms with Crippen LogP contribution in [0.2, 0.25) is 0 Å². The van der Waals surface area contributed by atoms with E-state index in [0.29, 0.717) is 6.42 Å². The summed E-state index contributed by atoms with van der Waals surface area (Å²) in [5, 5.41) is 3.45. The number of benzene rings is 1. The molecular weight excluding hydrogens is 309 g/mol. The van der Waals surface area contributed by atoms with Crippen molar-refractivity contribution in [1.82, 2.24) is 5.32 Å². The second-order valence-electron chi connectivity index (χ2n) is 5.31. The first-order valence-corrected chi connectivity index (χ1v) is 7.66. The van der Waals surface area contributed by atoms with E-state index in [4.69, 9.17) is 4.74 Å². The summed E-state index contributed by atoms with van der Waals surface area (Å²) in [6.07, 6.45) is 2.76. The molecule has 2 nitrogen and oxygen atoms in total. The molecule has 1 fully saturated rings. The molecule has 0 amide bonds. The zero-order valence-electron chi connectivity index (χ0n) is 11.5. The Balaban J connectivity index is 2.18. The lowest BCUT2D eigenvalue weighted by Gasteiger charge is -2.34. The fourth-order valence-corrected chi connectivity index (χ4v) is 3.15. The molecule has 0 bridgehead atoms. The summed E-state index contributed by atoms with van der Waals surface area (Å²) in [4.78, 5) is 0. The van der Waals surface area contributed by atoms with Crippen molar-refractivity contribution in [3.63, 3.8) is 0 Å². The molecule has 1 aliphatic rings. The van der Waals surface area contributed by atoms with Crippen molar-refractivity contribution in [2.24, 2.45) is 0 Å². The van der Waals surface area contributed by atoms with Crippen LogP contribution in [0.25, 0.3) is 0 Å². The van der Waals surface area contributed by atoms with Gasteiger partial charge in [-0.3, -0.25) is 0 Å². The predicted octanol–water partition coefficient (Wildman–Crippen LogP) is 3.68. The van der Waals surface area contributed by atoms with E-state index < -0.39 is 0 Å². The minimum absolute atomic E-state index is 0.142. The molecule has 2 atom stereocenters. The Morgan fingerprint density at radius 3 is 2.95 bits per heavy atom. The zero-order valence-corrected chi connectivity index (χ0v) is 13.1. The Morgan fingerprint density at radius 1 is 1.53 bits per heavy atom. The lowest BCUT2D eigenvalue weighted by atomic mass is 9.88. The fourth-order valence-electron chi connectivity index (χ4n) is 2.75. The maximum Gasteiger partial charge on any atom is 0.126 e. The summed E-state index contributed by atoms with van der Waals surface area (Å²) in [6.45, 7) is 5.87. The first-order valence-electron chi connectivity index (χ1n) is 6.86. The van der Waals surface area contributed by atoms with Crippen molar-refractivity contribution in [3.05, 3.63) is 34.1 Å². The average Bonchev–Trinajstić information content (AvgIpc) is 2.81. The highest BCUT2D eigenvalue weighted by Gasteiger charge is 2.38. The summed E-state index contributed by atoms with van der Waals surface area (Å²) in [7, 11) is 0. The molecule has 1 N–H and O–H groups in total. The van der Waals surface area contributed by atoms with Crippen LogP contribution in [-0.4, -0.2) is 24.8 Å². The number of likely N-dealkylation sites (N-methyl/N-ethyl adjacent to an activating group) is 1. The van der Waals surface area contributed by atoms with Gasteiger partial charge in [0.25, 0.3) is 0 Å². The van der Waals surface area contributed by atoms with E-state index in [2.05, 4.69) is 35.1 Å². The van der Waals surface area contributed by atoms with Gasteiger partial charge in [-0.15, -0.1) is 0 Å². The van der Waals surface area contributed by atoms with Gasteiger partial charge in [0.2, 0.25) is 0 Å². The molecule has 1 aromatic rings. The third-order valence-electron chi connectivity index (χ3n) is 3.87. The molecule has 2 rings (SSSR count). The van der Waals surface area contributed by atoms with Crippen molar-refractivity contribution < 1.29 is 9.13 Å². The molecule has 1 heterocycles. The topological polar surface area (TPSA) is 21.3 Å². The second kappa shape index (κ2) is 6.33. The van der Waals surface area contributed by atoms with E-state index in [1.54, 1.807) is 6.07 Å². The summed E-state index contributed by atoms with van der Waals surface area (Å²) in [5.41, 5.74) is 0.544. The molecule has 0 saturated carbocycles. The number of rotatable bonds is 5. The van der Waals surface area contributed by atoms with Gasteiger partial charge >= 0.3 is 0 Å². The molecule has 106 valence electrons. The van der Waals surface area contributed by atoms with Crippen LogP contribution in [0, 0.1) is 5.82 Å². The Hall–Kier alpha value is -0.450. The van der Waals surface area contributed by atoms with E-state index >= 15 is 0 Å². The molecule has 1 aromatic carbocycles. The van der Waals surface area contributed by atoms with Gasteiger partial charge in [0.15, 0.2) is 0 Å². The van der Waals surface area contributed by atoms with Crippen molar-refractivity contribution in [3.8, 4) is 0 Å². The number of halogens is 2. The maximum absolute atomic E-state index is 13.9. The number of hydrogen-bond donors (Lipinski definition) is 1. The highest BCUT2D eigenvalue weighted by atomic mass is 79.9. The summed E-state index contributed by atoms with van der Waals surface area (Å²) in [6, 6.07) is 5.25. The van der Waals surface area contributed by atoms with Crippen molar-refractivity contribution in [1.29, 1.82) is 0 Å². The number of nitrogens with one attached hydrogen (secondary N) is 1. The molecule has 4 heteroatoms. The summed E-state index contributed by atoms with van der Waals surface area (Å²) < 4.78 is 20.7. The summed E-state index contributed by atoms with van der Waals surface area (Å²) in [5.74, 6) is -0.146. The van der Waals surface area contributed by atoms with Gasteiger partial charge in [-0.25, -0.2) is 4.39 Å². The van der Waals surface area contributed by atoms with Gasteiger partial charge in [-0.1, -0.05) is 22.9 Å². The summed E-state index contributed by atoms with van der Waals surface area (Å²) >= 11 is 3.40. The van der Waals surface area contributed by atoms with Crippen LogP contribution in [0.3, 0.4) is 0 Å². The van der Waals surface area contributed by atoms with Crippen LogP contribution in [-0.2, 0) is 11.2 Å². The molecule has 0 aliphatic carbocycles. The van der Waals surface area contributed by atoms with Crippen LogP contribution in [0.1, 0.15) is 32.3 Å². The Labute approximate surface area is 122 Å². The SMILES string of the molecule is CCNC(Cc1cc(Br)ccc1F)C1(C)CCCO1. The van der Waals surface area contributed by atoms with Gasteiger partial charge in [0, 0.05) is 17.1 Å². The van der Waals surface area contributed by atoms with Crippen LogP contribution >= 0.6 is 15.9 Å². The quantitative estimate of drug-likeness (QED) is 0.889. The smallest absolute Gasteiger partial charge is 0.126 e. The van der Waals surface area contributed by atoms with Gasteiger partial charge in [0.1, 0.15) is 5.82 Å². The molecule has 0 radical (unpaired) electrons. The van der Waals surface area contributed by atoms with Crippen LogP contribution < -0.4 is 5.32 Å². The zero-order chi connectivity index (χ0) is 13.9.